The number of hydrogen-bond acceptors (Lipinski definition) is 2. The molecule has 18 heavy (non-hydrogen) atoms. The fourth-order valence-electron chi connectivity index (χ4n) is 1.93. The minimum absolute atomic E-state index is 0.0926. The molecule has 0 aliphatic carbocycles. The SMILES string of the molecule is CCCCC(C)C(=O)NCc1ccccc1CN. The van der Waals surface area contributed by atoms with Crippen LogP contribution in [0.25, 0.3) is 0 Å². The molecule has 1 amide bonds. The number of amides is 1. The molecule has 1 aromatic carbocycles. The number of nitrogens with one attached hydrogen (secondary N) is 1. The van der Waals surface area contributed by atoms with Crippen molar-refractivity contribution >= 4 is 5.91 Å². The molecule has 0 saturated carbocycles. The molecule has 3 heteroatoms. The zero-order valence-corrected chi connectivity index (χ0v) is 11.4. The Hall–Kier alpha value is -1.35. The van der Waals surface area contributed by atoms with Gasteiger partial charge in [0.1, 0.15) is 0 Å². The molecular formula is C15H24N2O. The lowest BCUT2D eigenvalue weighted by atomic mass is 10.0. The first kappa shape index (κ1) is 14.7. The van der Waals surface area contributed by atoms with Gasteiger partial charge in [-0.1, -0.05) is 51.0 Å². The van der Waals surface area contributed by atoms with E-state index in [2.05, 4.69) is 12.2 Å². The van der Waals surface area contributed by atoms with Gasteiger partial charge < -0.3 is 11.1 Å². The predicted molar refractivity (Wildman–Crippen MR) is 74.9 cm³/mol. The zero-order valence-electron chi connectivity index (χ0n) is 11.4. The van der Waals surface area contributed by atoms with Gasteiger partial charge in [0.15, 0.2) is 0 Å². The molecule has 0 fully saturated rings. The van der Waals surface area contributed by atoms with Crippen molar-refractivity contribution in [3.05, 3.63) is 35.4 Å². The zero-order chi connectivity index (χ0) is 13.4. The Morgan fingerprint density at radius 1 is 1.33 bits per heavy atom. The normalized spacial score (nSPS) is 12.2. The molecule has 1 rings (SSSR count). The van der Waals surface area contributed by atoms with Crippen LogP contribution in [0.1, 0.15) is 44.2 Å². The summed E-state index contributed by atoms with van der Waals surface area (Å²) in [5.41, 5.74) is 7.87. The van der Waals surface area contributed by atoms with E-state index < -0.39 is 0 Å². The lowest BCUT2D eigenvalue weighted by Crippen LogP contribution is -2.29. The maximum atomic E-state index is 11.9. The first-order valence-corrected chi connectivity index (χ1v) is 6.73. The van der Waals surface area contributed by atoms with Gasteiger partial charge in [0.05, 0.1) is 0 Å². The summed E-state index contributed by atoms with van der Waals surface area (Å²) in [7, 11) is 0. The summed E-state index contributed by atoms with van der Waals surface area (Å²) in [4.78, 5) is 11.9. The number of nitrogens with two attached hydrogens (primary N) is 1. The van der Waals surface area contributed by atoms with Crippen LogP contribution in [0.3, 0.4) is 0 Å². The Morgan fingerprint density at radius 3 is 2.61 bits per heavy atom. The molecule has 0 heterocycles. The molecule has 0 bridgehead atoms. The minimum Gasteiger partial charge on any atom is -0.352 e. The van der Waals surface area contributed by atoms with Crippen LogP contribution in [0.2, 0.25) is 0 Å². The van der Waals surface area contributed by atoms with Gasteiger partial charge in [0.2, 0.25) is 5.91 Å². The molecule has 0 saturated heterocycles. The van der Waals surface area contributed by atoms with Crippen molar-refractivity contribution in [3.8, 4) is 0 Å². The van der Waals surface area contributed by atoms with Crippen molar-refractivity contribution in [2.45, 2.75) is 46.2 Å². The summed E-state index contributed by atoms with van der Waals surface area (Å²) >= 11 is 0. The summed E-state index contributed by atoms with van der Waals surface area (Å²) < 4.78 is 0. The standard InChI is InChI=1S/C15H24N2O/c1-3-4-7-12(2)15(18)17-11-14-9-6-5-8-13(14)10-16/h5-6,8-9,12H,3-4,7,10-11,16H2,1-2H3,(H,17,18). The van der Waals surface area contributed by atoms with E-state index in [9.17, 15) is 4.79 Å². The van der Waals surface area contributed by atoms with E-state index in [0.717, 1.165) is 30.4 Å². The third-order valence-electron chi connectivity index (χ3n) is 3.23. The minimum atomic E-state index is 0.0926. The second kappa shape index (κ2) is 7.88. The summed E-state index contributed by atoms with van der Waals surface area (Å²) in [6, 6.07) is 7.96. The molecule has 0 aromatic heterocycles. The largest absolute Gasteiger partial charge is 0.352 e. The van der Waals surface area contributed by atoms with Crippen LogP contribution in [0.5, 0.6) is 0 Å². The molecule has 0 aliphatic rings. The van der Waals surface area contributed by atoms with Crippen molar-refractivity contribution in [3.63, 3.8) is 0 Å². The van der Waals surface area contributed by atoms with Crippen molar-refractivity contribution in [2.75, 3.05) is 0 Å². The van der Waals surface area contributed by atoms with Crippen LogP contribution in [-0.4, -0.2) is 5.91 Å². The third-order valence-corrected chi connectivity index (χ3v) is 3.23. The molecule has 3 N–H and O–H groups in total. The first-order valence-electron chi connectivity index (χ1n) is 6.73. The molecule has 1 aromatic rings. The Balaban J connectivity index is 2.46. The summed E-state index contributed by atoms with van der Waals surface area (Å²) in [6.07, 6.45) is 3.20. The average Bonchev–Trinajstić information content (AvgIpc) is 2.42. The highest BCUT2D eigenvalue weighted by atomic mass is 16.1. The number of rotatable bonds is 7. The number of hydrogen-bond donors (Lipinski definition) is 2. The van der Waals surface area contributed by atoms with Crippen molar-refractivity contribution in [2.24, 2.45) is 11.7 Å². The summed E-state index contributed by atoms with van der Waals surface area (Å²) in [6.45, 7) is 5.21. The fourth-order valence-corrected chi connectivity index (χ4v) is 1.93. The number of unbranched alkanes of at least 4 members (excludes halogenated alkanes) is 1. The van der Waals surface area contributed by atoms with E-state index >= 15 is 0 Å². The quantitative estimate of drug-likeness (QED) is 0.779. The number of carbonyl (C=O) groups is 1. The number of carbonyl (C=O) groups excluding carboxylic acids is 1. The Kier molecular flexibility index (Phi) is 6.44. The van der Waals surface area contributed by atoms with Gasteiger partial charge in [-0.3, -0.25) is 4.79 Å². The third kappa shape index (κ3) is 4.49. The van der Waals surface area contributed by atoms with Gasteiger partial charge in [-0.25, -0.2) is 0 Å². The average molecular weight is 248 g/mol. The highest BCUT2D eigenvalue weighted by Crippen LogP contribution is 2.10. The van der Waals surface area contributed by atoms with Crippen LogP contribution in [-0.2, 0) is 17.9 Å². The molecule has 0 aliphatic heterocycles. The first-order chi connectivity index (χ1) is 8.69. The summed E-state index contributed by atoms with van der Waals surface area (Å²) in [5.74, 6) is 0.227. The van der Waals surface area contributed by atoms with E-state index in [0.29, 0.717) is 13.1 Å². The molecule has 1 unspecified atom stereocenters. The highest BCUT2D eigenvalue weighted by Gasteiger charge is 2.12. The van der Waals surface area contributed by atoms with E-state index in [-0.39, 0.29) is 11.8 Å². The lowest BCUT2D eigenvalue weighted by molar-refractivity contribution is -0.124. The van der Waals surface area contributed by atoms with Gasteiger partial charge in [0, 0.05) is 19.0 Å². The van der Waals surface area contributed by atoms with Crippen molar-refractivity contribution in [1.29, 1.82) is 0 Å². The van der Waals surface area contributed by atoms with Gasteiger partial charge in [0.25, 0.3) is 0 Å². The van der Waals surface area contributed by atoms with Crippen molar-refractivity contribution in [1.82, 2.24) is 5.32 Å². The fraction of sp³-hybridized carbons (Fsp3) is 0.533. The van der Waals surface area contributed by atoms with Crippen LogP contribution in [0.15, 0.2) is 24.3 Å². The van der Waals surface area contributed by atoms with Gasteiger partial charge in [-0.05, 0) is 17.5 Å². The van der Waals surface area contributed by atoms with Crippen molar-refractivity contribution < 1.29 is 4.79 Å². The second-order valence-electron chi connectivity index (χ2n) is 4.73. The molecule has 0 radical (unpaired) electrons. The summed E-state index contributed by atoms with van der Waals surface area (Å²) in [5, 5.41) is 2.99. The maximum absolute atomic E-state index is 11.9. The van der Waals surface area contributed by atoms with E-state index in [1.54, 1.807) is 0 Å². The highest BCUT2D eigenvalue weighted by molar-refractivity contribution is 5.78. The van der Waals surface area contributed by atoms with E-state index in [4.69, 9.17) is 5.73 Å². The monoisotopic (exact) mass is 248 g/mol. The van der Waals surface area contributed by atoms with Crippen LogP contribution in [0, 0.1) is 5.92 Å². The predicted octanol–water partition coefficient (Wildman–Crippen LogP) is 2.59. The maximum Gasteiger partial charge on any atom is 0.223 e. The van der Waals surface area contributed by atoms with Crippen LogP contribution < -0.4 is 11.1 Å². The molecule has 0 spiro atoms. The smallest absolute Gasteiger partial charge is 0.223 e. The van der Waals surface area contributed by atoms with Gasteiger partial charge in [-0.2, -0.15) is 0 Å². The lowest BCUT2D eigenvalue weighted by Gasteiger charge is -2.13. The molecule has 100 valence electrons. The van der Waals surface area contributed by atoms with Crippen LogP contribution in [0.4, 0.5) is 0 Å². The van der Waals surface area contributed by atoms with E-state index in [1.165, 1.54) is 0 Å². The second-order valence-corrected chi connectivity index (χ2v) is 4.73. The Bertz CT molecular complexity index is 377. The van der Waals surface area contributed by atoms with Gasteiger partial charge in [-0.15, -0.1) is 0 Å². The topological polar surface area (TPSA) is 55.1 Å². The van der Waals surface area contributed by atoms with Gasteiger partial charge >= 0.3 is 0 Å². The molecule has 3 nitrogen and oxygen atoms in total. The van der Waals surface area contributed by atoms with E-state index in [1.807, 2.05) is 31.2 Å². The molecule has 1 atom stereocenters. The Labute approximate surface area is 110 Å². The number of benzene rings is 1. The molecular weight excluding hydrogens is 224 g/mol. The van der Waals surface area contributed by atoms with Crippen LogP contribution >= 0.6 is 0 Å². The Morgan fingerprint density at radius 2 is 2.00 bits per heavy atom.